The Morgan fingerprint density at radius 1 is 1.00 bits per heavy atom. The van der Waals surface area contributed by atoms with Crippen molar-refractivity contribution >= 4 is 5.69 Å². The van der Waals surface area contributed by atoms with Gasteiger partial charge in [0.15, 0.2) is 0 Å². The minimum atomic E-state index is -0.334. The fourth-order valence-electron chi connectivity index (χ4n) is 4.54. The van der Waals surface area contributed by atoms with Gasteiger partial charge in [-0.05, 0) is 47.8 Å². The number of benzene rings is 2. The van der Waals surface area contributed by atoms with E-state index in [1.807, 2.05) is 12.1 Å². The third kappa shape index (κ3) is 4.14. The summed E-state index contributed by atoms with van der Waals surface area (Å²) in [5, 5.41) is 10.9. The smallest absolute Gasteiger partial charge is 0.258 e. The zero-order valence-corrected chi connectivity index (χ0v) is 15.7. The van der Waals surface area contributed by atoms with Crippen LogP contribution in [-0.2, 0) is 11.8 Å². The molecule has 1 aliphatic carbocycles. The molecule has 2 aromatic rings. The molecule has 0 N–H and O–H groups in total. The fraction of sp³-hybridized carbons (Fsp3) is 0.478. The van der Waals surface area contributed by atoms with Crippen LogP contribution in [0.15, 0.2) is 48.5 Å². The number of nitrogens with zero attached hydrogens (tertiary/aromatic N) is 1. The molecular formula is C23H29NO2. The minimum Gasteiger partial charge on any atom is -0.258 e. The number of hydrogen-bond acceptors (Lipinski definition) is 2. The van der Waals surface area contributed by atoms with Gasteiger partial charge >= 0.3 is 0 Å². The number of unbranched alkanes of at least 4 members (excludes halogenated alkanes) is 1. The lowest BCUT2D eigenvalue weighted by Crippen LogP contribution is -2.30. The van der Waals surface area contributed by atoms with Crippen molar-refractivity contribution in [3.63, 3.8) is 0 Å². The van der Waals surface area contributed by atoms with Gasteiger partial charge in [-0.3, -0.25) is 10.1 Å². The first-order valence-electron chi connectivity index (χ1n) is 9.96. The molecule has 0 saturated heterocycles. The molecule has 0 radical (unpaired) electrons. The summed E-state index contributed by atoms with van der Waals surface area (Å²) in [4.78, 5) is 10.5. The van der Waals surface area contributed by atoms with Gasteiger partial charge in [-0.15, -0.1) is 0 Å². The van der Waals surface area contributed by atoms with E-state index in [0.717, 1.165) is 12.0 Å². The van der Waals surface area contributed by atoms with Crippen LogP contribution in [0.1, 0.15) is 75.0 Å². The van der Waals surface area contributed by atoms with Crippen molar-refractivity contribution in [1.82, 2.24) is 0 Å². The third-order valence-electron chi connectivity index (χ3n) is 5.95. The van der Waals surface area contributed by atoms with E-state index >= 15 is 0 Å². The van der Waals surface area contributed by atoms with E-state index in [4.69, 9.17) is 0 Å². The molecule has 0 spiro atoms. The van der Waals surface area contributed by atoms with Crippen molar-refractivity contribution in [2.24, 2.45) is 0 Å². The summed E-state index contributed by atoms with van der Waals surface area (Å²) in [5.41, 5.74) is 4.54. The monoisotopic (exact) mass is 351 g/mol. The molecule has 0 atom stereocenters. The van der Waals surface area contributed by atoms with Gasteiger partial charge in [-0.2, -0.15) is 0 Å². The van der Waals surface area contributed by atoms with Crippen molar-refractivity contribution in [2.45, 2.75) is 70.1 Å². The first-order chi connectivity index (χ1) is 12.6. The highest BCUT2D eigenvalue weighted by atomic mass is 16.6. The van der Waals surface area contributed by atoms with Crippen LogP contribution in [0.25, 0.3) is 0 Å². The van der Waals surface area contributed by atoms with Crippen molar-refractivity contribution < 1.29 is 4.92 Å². The molecule has 0 unspecified atom stereocenters. The second kappa shape index (κ2) is 8.48. The topological polar surface area (TPSA) is 43.1 Å². The summed E-state index contributed by atoms with van der Waals surface area (Å²) in [6, 6.07) is 15.9. The summed E-state index contributed by atoms with van der Waals surface area (Å²) in [5.74, 6) is 0. The molecular weight excluding hydrogens is 322 g/mol. The van der Waals surface area contributed by atoms with Crippen molar-refractivity contribution in [3.8, 4) is 0 Å². The van der Waals surface area contributed by atoms with Crippen LogP contribution >= 0.6 is 0 Å². The van der Waals surface area contributed by atoms with Crippen molar-refractivity contribution in [3.05, 3.63) is 75.3 Å². The lowest BCUT2D eigenvalue weighted by molar-refractivity contribution is -0.384. The van der Waals surface area contributed by atoms with Gasteiger partial charge in [-0.1, -0.05) is 75.4 Å². The highest BCUT2D eigenvalue weighted by Gasteiger charge is 2.34. The molecule has 1 saturated carbocycles. The van der Waals surface area contributed by atoms with E-state index < -0.39 is 0 Å². The van der Waals surface area contributed by atoms with Gasteiger partial charge in [0.2, 0.25) is 0 Å². The molecule has 0 bridgehead atoms. The highest BCUT2D eigenvalue weighted by molar-refractivity contribution is 5.40. The Balaban J connectivity index is 1.89. The Kier molecular flexibility index (Phi) is 6.08. The van der Waals surface area contributed by atoms with E-state index in [0.29, 0.717) is 5.41 Å². The van der Waals surface area contributed by atoms with E-state index in [1.54, 1.807) is 12.1 Å². The van der Waals surface area contributed by atoms with Crippen LogP contribution in [0.3, 0.4) is 0 Å². The molecule has 26 heavy (non-hydrogen) atoms. The maximum absolute atomic E-state index is 10.9. The molecule has 2 aromatic carbocycles. The Morgan fingerprint density at radius 2 is 1.69 bits per heavy atom. The van der Waals surface area contributed by atoms with Gasteiger partial charge in [-0.25, -0.2) is 0 Å². The molecule has 0 aliphatic heterocycles. The van der Waals surface area contributed by atoms with Crippen LogP contribution in [0.4, 0.5) is 5.69 Å². The standard InChI is InChI=1S/C23H29NO2/c1-2-3-15-23(16-7-4-8-17-23)22-10-6-5-9-20(22)18-19-11-13-21(14-12-19)24(25)26/h5-6,9-14H,2-4,7-8,15-18H2,1H3. The Bertz CT molecular complexity index is 730. The Labute approximate surface area is 156 Å². The molecule has 1 fully saturated rings. The van der Waals surface area contributed by atoms with Crippen molar-refractivity contribution in [1.29, 1.82) is 0 Å². The van der Waals surface area contributed by atoms with E-state index in [1.165, 1.54) is 62.5 Å². The average molecular weight is 351 g/mol. The molecule has 3 nitrogen and oxygen atoms in total. The van der Waals surface area contributed by atoms with Gasteiger partial charge in [0.05, 0.1) is 4.92 Å². The third-order valence-corrected chi connectivity index (χ3v) is 5.95. The number of nitro benzene ring substituents is 1. The Morgan fingerprint density at radius 3 is 2.35 bits per heavy atom. The van der Waals surface area contributed by atoms with Crippen molar-refractivity contribution in [2.75, 3.05) is 0 Å². The predicted molar refractivity (Wildman–Crippen MR) is 107 cm³/mol. The van der Waals surface area contributed by atoms with Gasteiger partial charge in [0.1, 0.15) is 0 Å². The average Bonchev–Trinajstić information content (AvgIpc) is 2.68. The van der Waals surface area contributed by atoms with Crippen LogP contribution in [0.2, 0.25) is 0 Å². The largest absolute Gasteiger partial charge is 0.269 e. The number of nitro groups is 1. The molecule has 3 rings (SSSR count). The minimum absolute atomic E-state index is 0.161. The SMILES string of the molecule is CCCCC1(c2ccccc2Cc2ccc([N+](=O)[O-])cc2)CCCCC1. The summed E-state index contributed by atoms with van der Waals surface area (Å²) < 4.78 is 0. The number of non-ortho nitro benzene ring substituents is 1. The quantitative estimate of drug-likeness (QED) is 0.418. The highest BCUT2D eigenvalue weighted by Crippen LogP contribution is 2.45. The summed E-state index contributed by atoms with van der Waals surface area (Å²) in [6.45, 7) is 2.28. The number of rotatable bonds is 7. The second-order valence-corrected chi connectivity index (χ2v) is 7.70. The zero-order chi connectivity index (χ0) is 18.4. The molecule has 0 amide bonds. The first-order valence-corrected chi connectivity index (χ1v) is 9.96. The second-order valence-electron chi connectivity index (χ2n) is 7.70. The first kappa shape index (κ1) is 18.6. The molecule has 0 aromatic heterocycles. The zero-order valence-electron chi connectivity index (χ0n) is 15.7. The summed E-state index contributed by atoms with van der Waals surface area (Å²) in [7, 11) is 0. The molecule has 1 aliphatic rings. The van der Waals surface area contributed by atoms with Crippen LogP contribution in [0, 0.1) is 10.1 Å². The normalized spacial score (nSPS) is 16.3. The molecule has 0 heterocycles. The van der Waals surface area contributed by atoms with E-state index in [9.17, 15) is 10.1 Å². The maximum Gasteiger partial charge on any atom is 0.269 e. The molecule has 138 valence electrons. The van der Waals surface area contributed by atoms with E-state index in [2.05, 4.69) is 31.2 Å². The van der Waals surface area contributed by atoms with Gasteiger partial charge in [0, 0.05) is 12.1 Å². The van der Waals surface area contributed by atoms with Crippen LogP contribution in [0.5, 0.6) is 0 Å². The van der Waals surface area contributed by atoms with Crippen LogP contribution < -0.4 is 0 Å². The lowest BCUT2D eigenvalue weighted by atomic mass is 9.65. The van der Waals surface area contributed by atoms with Gasteiger partial charge in [0.25, 0.3) is 5.69 Å². The maximum atomic E-state index is 10.9. The fourth-order valence-corrected chi connectivity index (χ4v) is 4.54. The van der Waals surface area contributed by atoms with E-state index in [-0.39, 0.29) is 10.6 Å². The van der Waals surface area contributed by atoms with Crippen LogP contribution in [-0.4, -0.2) is 4.92 Å². The molecule has 3 heteroatoms. The lowest BCUT2D eigenvalue weighted by Gasteiger charge is -2.39. The predicted octanol–water partition coefficient (Wildman–Crippen LogP) is 6.58. The van der Waals surface area contributed by atoms with Gasteiger partial charge < -0.3 is 0 Å². The summed E-state index contributed by atoms with van der Waals surface area (Å²) in [6.07, 6.45) is 11.3. The Hall–Kier alpha value is -2.16. The summed E-state index contributed by atoms with van der Waals surface area (Å²) >= 11 is 0. The number of hydrogen-bond donors (Lipinski definition) is 0.